The second-order valence-electron chi connectivity index (χ2n) is 4.26. The van der Waals surface area contributed by atoms with Crippen LogP contribution < -0.4 is 5.73 Å². The number of carbonyl (C=O) groups excluding carboxylic acids is 1. The van der Waals surface area contributed by atoms with Gasteiger partial charge in [0.2, 0.25) is 0 Å². The summed E-state index contributed by atoms with van der Waals surface area (Å²) in [5, 5.41) is 3.77. The number of hydrogen-bond acceptors (Lipinski definition) is 4. The molecule has 1 atom stereocenters. The summed E-state index contributed by atoms with van der Waals surface area (Å²) in [5.74, 6) is -0.0562. The average Bonchev–Trinajstić information content (AvgIpc) is 2.99. The van der Waals surface area contributed by atoms with E-state index in [2.05, 4.69) is 4.98 Å². The predicted molar refractivity (Wildman–Crippen MR) is 77.3 cm³/mol. The summed E-state index contributed by atoms with van der Waals surface area (Å²) < 4.78 is 0. The number of fused-ring (bicyclic) bond motifs is 1. The number of nitrogens with two attached hydrogens (primary N) is 1. The summed E-state index contributed by atoms with van der Waals surface area (Å²) in [6.07, 6.45) is 3.44. The van der Waals surface area contributed by atoms with Gasteiger partial charge in [-0.3, -0.25) is 9.78 Å². The van der Waals surface area contributed by atoms with Gasteiger partial charge >= 0.3 is 0 Å². The van der Waals surface area contributed by atoms with Crippen LogP contribution in [0.1, 0.15) is 21.3 Å². The number of aromatic nitrogens is 1. The first-order valence-electron chi connectivity index (χ1n) is 5.93. The Balaban J connectivity index is 2.07. The van der Waals surface area contributed by atoms with Crippen molar-refractivity contribution in [3.05, 3.63) is 64.6 Å². The average molecular weight is 268 g/mol. The number of pyridine rings is 1. The second-order valence-corrected chi connectivity index (χ2v) is 5.24. The van der Waals surface area contributed by atoms with E-state index in [-0.39, 0.29) is 5.78 Å². The number of benzene rings is 1. The Kier molecular flexibility index (Phi) is 3.11. The van der Waals surface area contributed by atoms with Crippen LogP contribution in [0.3, 0.4) is 0 Å². The van der Waals surface area contributed by atoms with Crippen LogP contribution in [0.25, 0.3) is 10.8 Å². The van der Waals surface area contributed by atoms with Crippen molar-refractivity contribution in [3.63, 3.8) is 0 Å². The normalized spacial score (nSPS) is 12.5. The number of Topliss-reactive ketones (excluding diaryl/α,β-unsaturated/α-hetero) is 1. The first kappa shape index (κ1) is 12.0. The van der Waals surface area contributed by atoms with Gasteiger partial charge in [0, 0.05) is 28.2 Å². The van der Waals surface area contributed by atoms with Crippen LogP contribution in [0.2, 0.25) is 0 Å². The lowest BCUT2D eigenvalue weighted by atomic mass is 9.98. The molecule has 0 fully saturated rings. The number of ketones is 1. The standard InChI is InChI=1S/C15H12N2OS/c16-14(13-5-2-8-19-13)15(18)12-4-1-3-10-9-17-7-6-11(10)12/h1-9,14H,16H2. The Morgan fingerprint density at radius 3 is 2.89 bits per heavy atom. The third kappa shape index (κ3) is 2.16. The largest absolute Gasteiger partial charge is 0.317 e. The van der Waals surface area contributed by atoms with Crippen LogP contribution >= 0.6 is 11.3 Å². The molecule has 1 unspecified atom stereocenters. The highest BCUT2D eigenvalue weighted by Crippen LogP contribution is 2.25. The molecule has 3 aromatic rings. The summed E-state index contributed by atoms with van der Waals surface area (Å²) in [7, 11) is 0. The SMILES string of the molecule is NC(C(=O)c1cccc2cnccc12)c1cccs1. The van der Waals surface area contributed by atoms with Crippen molar-refractivity contribution < 1.29 is 4.79 Å². The molecule has 0 radical (unpaired) electrons. The highest BCUT2D eigenvalue weighted by Gasteiger charge is 2.20. The van der Waals surface area contributed by atoms with E-state index in [1.54, 1.807) is 12.4 Å². The maximum absolute atomic E-state index is 12.5. The first-order chi connectivity index (χ1) is 9.27. The molecular weight excluding hydrogens is 256 g/mol. The zero-order valence-electron chi connectivity index (χ0n) is 10.1. The molecule has 0 aliphatic carbocycles. The van der Waals surface area contributed by atoms with E-state index < -0.39 is 6.04 Å². The van der Waals surface area contributed by atoms with Crippen LogP contribution in [-0.4, -0.2) is 10.8 Å². The lowest BCUT2D eigenvalue weighted by molar-refractivity contribution is 0.0964. The Hall–Kier alpha value is -2.04. The van der Waals surface area contributed by atoms with Crippen molar-refractivity contribution in [1.29, 1.82) is 0 Å². The first-order valence-corrected chi connectivity index (χ1v) is 6.81. The van der Waals surface area contributed by atoms with Gasteiger partial charge < -0.3 is 5.73 Å². The molecule has 4 heteroatoms. The van der Waals surface area contributed by atoms with E-state index in [1.165, 1.54) is 11.3 Å². The van der Waals surface area contributed by atoms with Crippen LogP contribution in [0.4, 0.5) is 0 Å². The van der Waals surface area contributed by atoms with Gasteiger partial charge in [-0.05, 0) is 22.9 Å². The number of rotatable bonds is 3. The molecule has 1 aromatic carbocycles. The van der Waals surface area contributed by atoms with Gasteiger partial charge in [0.1, 0.15) is 6.04 Å². The Labute approximate surface area is 114 Å². The molecule has 0 bridgehead atoms. The van der Waals surface area contributed by atoms with Crippen molar-refractivity contribution in [3.8, 4) is 0 Å². The zero-order chi connectivity index (χ0) is 13.2. The van der Waals surface area contributed by atoms with E-state index in [4.69, 9.17) is 5.73 Å². The van der Waals surface area contributed by atoms with E-state index in [0.29, 0.717) is 5.56 Å². The number of carbonyl (C=O) groups is 1. The van der Waals surface area contributed by atoms with Gasteiger partial charge in [-0.15, -0.1) is 11.3 Å². The number of thiophene rings is 1. The minimum absolute atomic E-state index is 0.0562. The second kappa shape index (κ2) is 4.91. The highest BCUT2D eigenvalue weighted by molar-refractivity contribution is 7.10. The topological polar surface area (TPSA) is 56.0 Å². The molecule has 0 aliphatic heterocycles. The molecule has 3 nitrogen and oxygen atoms in total. The van der Waals surface area contributed by atoms with Crippen molar-refractivity contribution in [2.75, 3.05) is 0 Å². The zero-order valence-corrected chi connectivity index (χ0v) is 10.9. The molecule has 2 aromatic heterocycles. The van der Waals surface area contributed by atoms with Gasteiger partial charge in [0.05, 0.1) is 0 Å². The van der Waals surface area contributed by atoms with Gasteiger partial charge in [-0.1, -0.05) is 24.3 Å². The van der Waals surface area contributed by atoms with Gasteiger partial charge in [0.15, 0.2) is 5.78 Å². The molecule has 0 saturated heterocycles. The maximum Gasteiger partial charge on any atom is 0.185 e. The Bertz CT molecular complexity index is 717. The molecule has 2 heterocycles. The molecule has 2 N–H and O–H groups in total. The monoisotopic (exact) mass is 268 g/mol. The van der Waals surface area contributed by atoms with Gasteiger partial charge in [-0.2, -0.15) is 0 Å². The molecule has 0 saturated carbocycles. The Morgan fingerprint density at radius 1 is 1.21 bits per heavy atom. The predicted octanol–water partition coefficient (Wildman–Crippen LogP) is 3.18. The van der Waals surface area contributed by atoms with E-state index in [9.17, 15) is 4.79 Å². The summed E-state index contributed by atoms with van der Waals surface area (Å²) in [6, 6.07) is 10.7. The summed E-state index contributed by atoms with van der Waals surface area (Å²) in [6.45, 7) is 0. The van der Waals surface area contributed by atoms with E-state index in [1.807, 2.05) is 41.8 Å². The lowest BCUT2D eigenvalue weighted by Gasteiger charge is -2.10. The van der Waals surface area contributed by atoms with Crippen molar-refractivity contribution in [2.45, 2.75) is 6.04 Å². The lowest BCUT2D eigenvalue weighted by Crippen LogP contribution is -2.20. The third-order valence-corrected chi connectivity index (χ3v) is 4.03. The fraction of sp³-hybridized carbons (Fsp3) is 0.0667. The van der Waals surface area contributed by atoms with Crippen molar-refractivity contribution in [1.82, 2.24) is 4.98 Å². The smallest absolute Gasteiger partial charge is 0.185 e. The summed E-state index contributed by atoms with van der Waals surface area (Å²) in [5.41, 5.74) is 6.70. The minimum atomic E-state index is -0.598. The molecular formula is C15H12N2OS. The van der Waals surface area contributed by atoms with Crippen LogP contribution in [0.15, 0.2) is 54.2 Å². The summed E-state index contributed by atoms with van der Waals surface area (Å²) >= 11 is 1.50. The van der Waals surface area contributed by atoms with Crippen LogP contribution in [0, 0.1) is 0 Å². The molecule has 94 valence electrons. The van der Waals surface area contributed by atoms with E-state index in [0.717, 1.165) is 15.6 Å². The molecule has 3 rings (SSSR count). The fourth-order valence-electron chi connectivity index (χ4n) is 2.10. The van der Waals surface area contributed by atoms with Crippen molar-refractivity contribution >= 4 is 27.9 Å². The van der Waals surface area contributed by atoms with Gasteiger partial charge in [-0.25, -0.2) is 0 Å². The highest BCUT2D eigenvalue weighted by atomic mass is 32.1. The van der Waals surface area contributed by atoms with E-state index >= 15 is 0 Å². The molecule has 19 heavy (non-hydrogen) atoms. The number of hydrogen-bond donors (Lipinski definition) is 1. The van der Waals surface area contributed by atoms with Crippen LogP contribution in [0.5, 0.6) is 0 Å². The minimum Gasteiger partial charge on any atom is -0.317 e. The van der Waals surface area contributed by atoms with Crippen LogP contribution in [-0.2, 0) is 0 Å². The molecule has 0 spiro atoms. The third-order valence-electron chi connectivity index (χ3n) is 3.08. The number of nitrogens with zero attached hydrogens (tertiary/aromatic N) is 1. The quantitative estimate of drug-likeness (QED) is 0.742. The maximum atomic E-state index is 12.5. The fourth-order valence-corrected chi connectivity index (χ4v) is 2.83. The van der Waals surface area contributed by atoms with Gasteiger partial charge in [0.25, 0.3) is 0 Å². The summed E-state index contributed by atoms with van der Waals surface area (Å²) in [4.78, 5) is 17.5. The van der Waals surface area contributed by atoms with Crippen molar-refractivity contribution in [2.24, 2.45) is 5.73 Å². The molecule has 0 aliphatic rings. The Morgan fingerprint density at radius 2 is 2.11 bits per heavy atom. The molecule has 0 amide bonds.